The normalized spacial score (nSPS) is 10.9. The standard InChI is InChI=1S/C19H24FN3O/c1-6-22(3)13-21-16-12-15(20)18(11-14(16)2)23(4)17-9-7-8-10-19(17)24-5/h7-13H,6H2,1-5H3. The van der Waals surface area contributed by atoms with E-state index in [0.717, 1.165) is 17.8 Å². The average Bonchev–Trinajstić information content (AvgIpc) is 2.61. The monoisotopic (exact) mass is 329 g/mol. The highest BCUT2D eigenvalue weighted by molar-refractivity contribution is 5.72. The first-order chi connectivity index (χ1) is 11.5. The molecular weight excluding hydrogens is 305 g/mol. The van der Waals surface area contributed by atoms with Crippen molar-refractivity contribution in [2.75, 3.05) is 32.6 Å². The summed E-state index contributed by atoms with van der Waals surface area (Å²) in [5.41, 5.74) is 2.83. The van der Waals surface area contributed by atoms with Gasteiger partial charge in [-0.1, -0.05) is 12.1 Å². The van der Waals surface area contributed by atoms with Crippen LogP contribution in [-0.4, -0.2) is 39.0 Å². The predicted molar refractivity (Wildman–Crippen MR) is 98.7 cm³/mol. The van der Waals surface area contributed by atoms with Crippen molar-refractivity contribution in [2.45, 2.75) is 13.8 Å². The largest absolute Gasteiger partial charge is 0.495 e. The fourth-order valence-corrected chi connectivity index (χ4v) is 2.33. The van der Waals surface area contributed by atoms with Crippen LogP contribution in [-0.2, 0) is 0 Å². The van der Waals surface area contributed by atoms with Gasteiger partial charge in [0.2, 0.25) is 0 Å². The first-order valence-electron chi connectivity index (χ1n) is 7.89. The molecule has 5 heteroatoms. The number of para-hydroxylation sites is 2. The van der Waals surface area contributed by atoms with E-state index in [0.29, 0.717) is 17.1 Å². The van der Waals surface area contributed by atoms with Gasteiger partial charge in [0.1, 0.15) is 11.6 Å². The molecule has 0 spiro atoms. The molecule has 0 aliphatic carbocycles. The Morgan fingerprint density at radius 3 is 2.54 bits per heavy atom. The molecule has 0 atom stereocenters. The molecule has 4 nitrogen and oxygen atoms in total. The first kappa shape index (κ1) is 17.8. The van der Waals surface area contributed by atoms with E-state index in [4.69, 9.17) is 4.74 Å². The Balaban J connectivity index is 2.38. The number of aryl methyl sites for hydroxylation is 1. The van der Waals surface area contributed by atoms with Crippen LogP contribution in [0.4, 0.5) is 21.5 Å². The van der Waals surface area contributed by atoms with Gasteiger partial charge >= 0.3 is 0 Å². The van der Waals surface area contributed by atoms with Gasteiger partial charge in [0.15, 0.2) is 0 Å². The van der Waals surface area contributed by atoms with E-state index in [2.05, 4.69) is 4.99 Å². The number of halogens is 1. The third kappa shape index (κ3) is 3.85. The van der Waals surface area contributed by atoms with E-state index in [1.807, 2.05) is 57.1 Å². The van der Waals surface area contributed by atoms with Gasteiger partial charge in [-0.15, -0.1) is 0 Å². The fourth-order valence-electron chi connectivity index (χ4n) is 2.33. The van der Waals surface area contributed by atoms with Crippen molar-refractivity contribution in [2.24, 2.45) is 4.99 Å². The van der Waals surface area contributed by atoms with E-state index >= 15 is 0 Å². The second kappa shape index (κ2) is 7.81. The number of hydrogen-bond donors (Lipinski definition) is 0. The Kier molecular flexibility index (Phi) is 5.79. The number of hydrogen-bond acceptors (Lipinski definition) is 3. The van der Waals surface area contributed by atoms with Crippen LogP contribution in [0.1, 0.15) is 12.5 Å². The van der Waals surface area contributed by atoms with Crippen LogP contribution < -0.4 is 9.64 Å². The van der Waals surface area contributed by atoms with Gasteiger partial charge < -0.3 is 14.5 Å². The molecule has 0 fully saturated rings. The second-order valence-electron chi connectivity index (χ2n) is 5.64. The maximum absolute atomic E-state index is 14.6. The molecule has 0 bridgehead atoms. The smallest absolute Gasteiger partial charge is 0.148 e. The second-order valence-corrected chi connectivity index (χ2v) is 5.64. The minimum atomic E-state index is -0.319. The maximum atomic E-state index is 14.6. The molecule has 2 aromatic carbocycles. The summed E-state index contributed by atoms with van der Waals surface area (Å²) in [4.78, 5) is 8.08. The number of ether oxygens (including phenoxy) is 1. The Bertz CT molecular complexity index is 731. The molecule has 24 heavy (non-hydrogen) atoms. The van der Waals surface area contributed by atoms with Crippen LogP contribution in [0, 0.1) is 12.7 Å². The lowest BCUT2D eigenvalue weighted by atomic mass is 10.1. The quantitative estimate of drug-likeness (QED) is 0.576. The fraction of sp³-hybridized carbons (Fsp3) is 0.316. The van der Waals surface area contributed by atoms with Crippen molar-refractivity contribution in [1.82, 2.24) is 4.90 Å². The zero-order valence-corrected chi connectivity index (χ0v) is 14.9. The van der Waals surface area contributed by atoms with E-state index in [1.165, 1.54) is 6.07 Å². The predicted octanol–water partition coefficient (Wildman–Crippen LogP) is 4.52. The highest BCUT2D eigenvalue weighted by atomic mass is 19.1. The van der Waals surface area contributed by atoms with Gasteiger partial charge in [0, 0.05) is 26.7 Å². The van der Waals surface area contributed by atoms with Gasteiger partial charge in [-0.05, 0) is 37.6 Å². The number of aliphatic imine (C=N–C) groups is 1. The number of methoxy groups -OCH3 is 1. The summed E-state index contributed by atoms with van der Waals surface area (Å²) < 4.78 is 20.0. The van der Waals surface area contributed by atoms with E-state index in [-0.39, 0.29) is 5.82 Å². The molecule has 0 amide bonds. The molecule has 2 rings (SSSR count). The van der Waals surface area contributed by atoms with Crippen LogP contribution in [0.2, 0.25) is 0 Å². The zero-order chi connectivity index (χ0) is 17.7. The highest BCUT2D eigenvalue weighted by Gasteiger charge is 2.15. The van der Waals surface area contributed by atoms with Crippen molar-refractivity contribution in [3.8, 4) is 5.75 Å². The third-order valence-corrected chi connectivity index (χ3v) is 3.97. The molecule has 0 aliphatic rings. The lowest BCUT2D eigenvalue weighted by Crippen LogP contribution is -2.14. The molecule has 0 radical (unpaired) electrons. The molecule has 0 N–H and O–H groups in total. The molecule has 2 aromatic rings. The van der Waals surface area contributed by atoms with E-state index in [1.54, 1.807) is 24.4 Å². The van der Waals surface area contributed by atoms with E-state index < -0.39 is 0 Å². The summed E-state index contributed by atoms with van der Waals surface area (Å²) >= 11 is 0. The van der Waals surface area contributed by atoms with Crippen molar-refractivity contribution in [1.29, 1.82) is 0 Å². The van der Waals surface area contributed by atoms with Gasteiger partial charge in [-0.3, -0.25) is 0 Å². The van der Waals surface area contributed by atoms with Gasteiger partial charge in [0.05, 0.1) is 30.5 Å². The van der Waals surface area contributed by atoms with E-state index in [9.17, 15) is 4.39 Å². The minimum absolute atomic E-state index is 0.319. The van der Waals surface area contributed by atoms with Gasteiger partial charge in [-0.2, -0.15) is 0 Å². The molecule has 0 saturated carbocycles. The molecule has 128 valence electrons. The number of rotatable bonds is 6. The van der Waals surface area contributed by atoms with Crippen LogP contribution in [0.15, 0.2) is 41.4 Å². The van der Waals surface area contributed by atoms with Crippen LogP contribution >= 0.6 is 0 Å². The van der Waals surface area contributed by atoms with Crippen molar-refractivity contribution in [3.63, 3.8) is 0 Å². The number of nitrogens with zero attached hydrogens (tertiary/aromatic N) is 3. The lowest BCUT2D eigenvalue weighted by Gasteiger charge is -2.23. The van der Waals surface area contributed by atoms with Crippen molar-refractivity contribution in [3.05, 3.63) is 47.8 Å². The van der Waals surface area contributed by atoms with Crippen LogP contribution in [0.25, 0.3) is 0 Å². The lowest BCUT2D eigenvalue weighted by molar-refractivity contribution is 0.415. The molecule has 0 heterocycles. The third-order valence-electron chi connectivity index (χ3n) is 3.97. The summed E-state index contributed by atoms with van der Waals surface area (Å²) in [5.74, 6) is 0.379. The number of anilines is 2. The van der Waals surface area contributed by atoms with Gasteiger partial charge in [0.25, 0.3) is 0 Å². The molecular formula is C19H24FN3O. The molecule has 0 aliphatic heterocycles. The topological polar surface area (TPSA) is 28.1 Å². The summed E-state index contributed by atoms with van der Waals surface area (Å²) in [6, 6.07) is 10.8. The van der Waals surface area contributed by atoms with Gasteiger partial charge in [-0.25, -0.2) is 9.38 Å². The maximum Gasteiger partial charge on any atom is 0.148 e. The minimum Gasteiger partial charge on any atom is -0.495 e. The Morgan fingerprint density at radius 2 is 1.88 bits per heavy atom. The molecule has 0 saturated heterocycles. The number of benzene rings is 2. The summed E-state index contributed by atoms with van der Waals surface area (Å²) in [7, 11) is 5.36. The van der Waals surface area contributed by atoms with Crippen LogP contribution in [0.3, 0.4) is 0 Å². The van der Waals surface area contributed by atoms with Crippen molar-refractivity contribution < 1.29 is 9.13 Å². The summed E-state index contributed by atoms with van der Waals surface area (Å²) in [6.45, 7) is 4.81. The zero-order valence-electron chi connectivity index (χ0n) is 14.9. The summed E-state index contributed by atoms with van der Waals surface area (Å²) in [6.07, 6.45) is 1.71. The average molecular weight is 329 g/mol. The Labute approximate surface area is 143 Å². The summed E-state index contributed by atoms with van der Waals surface area (Å²) in [5, 5.41) is 0. The molecule has 0 aromatic heterocycles. The first-order valence-corrected chi connectivity index (χ1v) is 7.89. The SMILES string of the molecule is CCN(C)C=Nc1cc(F)c(N(C)c2ccccc2OC)cc1C. The Morgan fingerprint density at radius 1 is 1.17 bits per heavy atom. The van der Waals surface area contributed by atoms with Crippen molar-refractivity contribution >= 4 is 23.4 Å². The van der Waals surface area contributed by atoms with Crippen LogP contribution in [0.5, 0.6) is 5.75 Å². The molecule has 0 unspecified atom stereocenters. The Hall–Kier alpha value is -2.56. The highest BCUT2D eigenvalue weighted by Crippen LogP contribution is 2.35.